The summed E-state index contributed by atoms with van der Waals surface area (Å²) in [6.45, 7) is -1.48. The number of halogens is 3. The van der Waals surface area contributed by atoms with Gasteiger partial charge in [-0.15, -0.1) is 0 Å². The number of carbonyl (C=O) groups excluding carboxylic acids is 2. The minimum Gasteiger partial charge on any atom is -0.395 e. The molecule has 0 radical (unpaired) electrons. The van der Waals surface area contributed by atoms with E-state index < -0.39 is 18.4 Å². The highest BCUT2D eigenvalue weighted by Gasteiger charge is 2.27. The van der Waals surface area contributed by atoms with Gasteiger partial charge in [0.25, 0.3) is 5.91 Å². The SMILES string of the molecule is O=C(CO)Nc1c(I)c(CO)c(I)c(C(=O)N(CCO)CCO)c1I. The maximum atomic E-state index is 12.9. The van der Waals surface area contributed by atoms with Gasteiger partial charge >= 0.3 is 0 Å². The summed E-state index contributed by atoms with van der Waals surface area (Å²) in [7, 11) is 0. The van der Waals surface area contributed by atoms with Gasteiger partial charge < -0.3 is 30.6 Å². The molecule has 1 aromatic rings. The number of aliphatic hydroxyl groups is 4. The molecular weight excluding hydrogens is 673 g/mol. The summed E-state index contributed by atoms with van der Waals surface area (Å²) >= 11 is 5.84. The van der Waals surface area contributed by atoms with Crippen LogP contribution in [0.1, 0.15) is 15.9 Å². The van der Waals surface area contributed by atoms with Crippen molar-refractivity contribution in [1.82, 2.24) is 4.90 Å². The van der Waals surface area contributed by atoms with Crippen molar-refractivity contribution in [3.05, 3.63) is 21.8 Å². The minimum atomic E-state index is -0.711. The molecule has 0 bridgehead atoms. The first-order valence-electron chi connectivity index (χ1n) is 7.05. The lowest BCUT2D eigenvalue weighted by atomic mass is 10.1. The number of amides is 2. The quantitative estimate of drug-likeness (QED) is 0.251. The van der Waals surface area contributed by atoms with Crippen LogP contribution in [-0.2, 0) is 11.4 Å². The maximum Gasteiger partial charge on any atom is 0.256 e. The second kappa shape index (κ2) is 11.1. The lowest BCUT2D eigenvalue weighted by Crippen LogP contribution is -2.37. The molecule has 0 aliphatic carbocycles. The van der Waals surface area contributed by atoms with Gasteiger partial charge in [-0.25, -0.2) is 0 Å². The van der Waals surface area contributed by atoms with Crippen molar-refractivity contribution in [1.29, 1.82) is 0 Å². The number of carbonyl (C=O) groups is 2. The molecule has 0 aliphatic heterocycles. The molecule has 0 aromatic heterocycles. The monoisotopic (exact) mass is 690 g/mol. The zero-order valence-corrected chi connectivity index (χ0v) is 19.4. The van der Waals surface area contributed by atoms with E-state index in [2.05, 4.69) is 5.32 Å². The van der Waals surface area contributed by atoms with Crippen LogP contribution in [0.25, 0.3) is 0 Å². The van der Waals surface area contributed by atoms with Crippen molar-refractivity contribution in [2.24, 2.45) is 0 Å². The van der Waals surface area contributed by atoms with E-state index in [1.807, 2.05) is 67.8 Å². The summed E-state index contributed by atoms with van der Waals surface area (Å²) in [5, 5.41) is 39.5. The number of rotatable bonds is 8. The van der Waals surface area contributed by atoms with E-state index >= 15 is 0 Å². The van der Waals surface area contributed by atoms with Crippen molar-refractivity contribution in [3.8, 4) is 0 Å². The molecule has 2 amide bonds. The zero-order valence-electron chi connectivity index (χ0n) is 12.9. The number of hydrogen-bond acceptors (Lipinski definition) is 6. The van der Waals surface area contributed by atoms with Crippen molar-refractivity contribution in [2.45, 2.75) is 6.61 Å². The summed E-state index contributed by atoms with van der Waals surface area (Å²) in [5.74, 6) is -1.07. The second-order valence-corrected chi connectivity index (χ2v) is 8.01. The van der Waals surface area contributed by atoms with E-state index in [0.29, 0.717) is 22.0 Å². The highest BCUT2D eigenvalue weighted by molar-refractivity contribution is 14.1. The summed E-state index contributed by atoms with van der Waals surface area (Å²) in [4.78, 5) is 25.8. The number of hydrogen-bond donors (Lipinski definition) is 5. The lowest BCUT2D eigenvalue weighted by molar-refractivity contribution is -0.118. The van der Waals surface area contributed by atoms with E-state index in [-0.39, 0.29) is 38.5 Å². The minimum absolute atomic E-state index is 0.0460. The Kier molecular flexibility index (Phi) is 10.3. The molecule has 0 unspecified atom stereocenters. The van der Waals surface area contributed by atoms with E-state index in [1.165, 1.54) is 4.90 Å². The van der Waals surface area contributed by atoms with Crippen LogP contribution in [0.15, 0.2) is 0 Å². The van der Waals surface area contributed by atoms with Crippen LogP contribution in [-0.4, -0.2) is 70.1 Å². The van der Waals surface area contributed by atoms with Gasteiger partial charge in [0.15, 0.2) is 0 Å². The number of aliphatic hydroxyl groups excluding tert-OH is 4. The van der Waals surface area contributed by atoms with Gasteiger partial charge in [0.05, 0.1) is 34.6 Å². The summed E-state index contributed by atoms with van der Waals surface area (Å²) in [5.41, 5.74) is 1.08. The third-order valence-corrected chi connectivity index (χ3v) is 6.67. The number of benzene rings is 1. The largest absolute Gasteiger partial charge is 0.395 e. The molecule has 25 heavy (non-hydrogen) atoms. The molecule has 0 saturated heterocycles. The maximum absolute atomic E-state index is 12.9. The van der Waals surface area contributed by atoms with Gasteiger partial charge in [0.1, 0.15) is 6.61 Å². The van der Waals surface area contributed by atoms with Crippen LogP contribution in [0.4, 0.5) is 5.69 Å². The molecular formula is C14H17I3N2O6. The Hall–Kier alpha value is 0.190. The van der Waals surface area contributed by atoms with Gasteiger partial charge in [-0.05, 0) is 67.8 Å². The fourth-order valence-electron chi connectivity index (χ4n) is 2.05. The Morgan fingerprint density at radius 2 is 1.48 bits per heavy atom. The van der Waals surface area contributed by atoms with Crippen LogP contribution in [0.2, 0.25) is 0 Å². The number of anilines is 1. The summed E-state index contributed by atoms with van der Waals surface area (Å²) in [6.07, 6.45) is 0. The molecule has 0 spiro atoms. The number of nitrogens with zero attached hydrogens (tertiary/aromatic N) is 1. The fourth-order valence-corrected chi connectivity index (χ4v) is 6.28. The van der Waals surface area contributed by atoms with Crippen molar-refractivity contribution in [3.63, 3.8) is 0 Å². The molecule has 0 heterocycles. The summed E-state index contributed by atoms with van der Waals surface area (Å²) in [6, 6.07) is 0. The summed E-state index contributed by atoms with van der Waals surface area (Å²) < 4.78 is 1.56. The predicted molar refractivity (Wildman–Crippen MR) is 116 cm³/mol. The smallest absolute Gasteiger partial charge is 0.256 e. The first-order chi connectivity index (χ1) is 11.8. The van der Waals surface area contributed by atoms with Gasteiger partial charge in [-0.2, -0.15) is 0 Å². The van der Waals surface area contributed by atoms with Crippen LogP contribution in [0, 0.1) is 10.7 Å². The van der Waals surface area contributed by atoms with E-state index in [9.17, 15) is 14.7 Å². The Labute approximate surface area is 185 Å². The van der Waals surface area contributed by atoms with Crippen LogP contribution >= 0.6 is 67.8 Å². The first-order valence-corrected chi connectivity index (χ1v) is 10.3. The molecule has 11 heteroatoms. The van der Waals surface area contributed by atoms with Crippen molar-refractivity contribution in [2.75, 3.05) is 38.2 Å². The van der Waals surface area contributed by atoms with E-state index in [0.717, 1.165) is 0 Å². The van der Waals surface area contributed by atoms with Gasteiger partial charge in [0, 0.05) is 25.8 Å². The van der Waals surface area contributed by atoms with Crippen LogP contribution in [0.3, 0.4) is 0 Å². The highest BCUT2D eigenvalue weighted by atomic mass is 127. The van der Waals surface area contributed by atoms with E-state index in [1.54, 1.807) is 0 Å². The molecule has 1 aromatic carbocycles. The molecule has 0 aliphatic rings. The molecule has 0 atom stereocenters. The van der Waals surface area contributed by atoms with Gasteiger partial charge in [-0.3, -0.25) is 9.59 Å². The molecule has 1 rings (SSSR count). The van der Waals surface area contributed by atoms with Crippen molar-refractivity contribution >= 4 is 85.3 Å². The third-order valence-electron chi connectivity index (χ3n) is 3.21. The molecule has 140 valence electrons. The molecule has 0 fully saturated rings. The predicted octanol–water partition coefficient (Wildman–Crippen LogP) is 0.350. The molecule has 8 nitrogen and oxygen atoms in total. The number of nitrogens with one attached hydrogen (secondary N) is 1. The van der Waals surface area contributed by atoms with Crippen LogP contribution < -0.4 is 5.32 Å². The second-order valence-electron chi connectivity index (χ2n) is 4.77. The fraction of sp³-hybridized carbons (Fsp3) is 0.429. The normalized spacial score (nSPS) is 10.7. The van der Waals surface area contributed by atoms with E-state index in [4.69, 9.17) is 15.3 Å². The lowest BCUT2D eigenvalue weighted by Gasteiger charge is -2.24. The topological polar surface area (TPSA) is 130 Å². The standard InChI is InChI=1S/C14H17I3N2O6/c15-10-7(5-22)11(16)13(18-8(24)6-23)12(17)9(10)14(25)19(1-3-20)2-4-21/h20-23H,1-6H2,(H,18,24). The molecule has 5 N–H and O–H groups in total. The van der Waals surface area contributed by atoms with Gasteiger partial charge in [-0.1, -0.05) is 0 Å². The molecule has 0 saturated carbocycles. The Bertz CT molecular complexity index is 650. The van der Waals surface area contributed by atoms with Crippen molar-refractivity contribution < 1.29 is 30.0 Å². The Balaban J connectivity index is 3.54. The van der Waals surface area contributed by atoms with Crippen LogP contribution in [0.5, 0.6) is 0 Å². The Morgan fingerprint density at radius 1 is 0.920 bits per heavy atom. The first kappa shape index (κ1) is 23.2. The average Bonchev–Trinajstić information content (AvgIpc) is 2.58. The third kappa shape index (κ3) is 5.58. The van der Waals surface area contributed by atoms with Gasteiger partial charge in [0.2, 0.25) is 5.91 Å². The Morgan fingerprint density at radius 3 is 1.92 bits per heavy atom. The average molecular weight is 690 g/mol. The highest BCUT2D eigenvalue weighted by Crippen LogP contribution is 2.36. The zero-order chi connectivity index (χ0) is 19.1.